The molecule has 3 unspecified atom stereocenters. The number of methoxy groups -OCH3 is 1. The quantitative estimate of drug-likeness (QED) is 0.827. The zero-order valence-corrected chi connectivity index (χ0v) is 12.8. The molecule has 0 radical (unpaired) electrons. The van der Waals surface area contributed by atoms with Crippen molar-refractivity contribution in [2.24, 2.45) is 17.8 Å². The van der Waals surface area contributed by atoms with E-state index in [9.17, 15) is 4.79 Å². The van der Waals surface area contributed by atoms with Gasteiger partial charge >= 0.3 is 0 Å². The summed E-state index contributed by atoms with van der Waals surface area (Å²) in [6.45, 7) is 1.90. The first-order valence-electron chi connectivity index (χ1n) is 7.67. The highest BCUT2D eigenvalue weighted by molar-refractivity contribution is 5.81. The fourth-order valence-electron chi connectivity index (χ4n) is 3.19. The highest BCUT2D eigenvalue weighted by Gasteiger charge is 2.29. The Hall–Kier alpha value is -1.82. The molecule has 0 aliphatic heterocycles. The fraction of sp³-hybridized carbons (Fsp3) is 0.556. The van der Waals surface area contributed by atoms with Crippen LogP contribution in [0, 0.1) is 29.1 Å². The predicted molar refractivity (Wildman–Crippen MR) is 81.9 cm³/mol. The van der Waals surface area contributed by atoms with E-state index in [0.717, 1.165) is 25.0 Å². The zero-order chi connectivity index (χ0) is 15.2. The Morgan fingerprint density at radius 1 is 1.38 bits per heavy atom. The Bertz CT molecular complexity index is 515. The second-order valence-electron chi connectivity index (χ2n) is 6.12. The summed E-state index contributed by atoms with van der Waals surface area (Å²) in [7, 11) is 1.67. The molecule has 3 atom stereocenters. The lowest BCUT2D eigenvalue weighted by molar-refractivity contribution is -0.126. The molecule has 0 aromatic heterocycles. The molecule has 3 nitrogen and oxygen atoms in total. The molecule has 1 aliphatic carbocycles. The Morgan fingerprint density at radius 2 is 2.10 bits per heavy atom. The summed E-state index contributed by atoms with van der Waals surface area (Å²) in [6, 6.07) is 10.4. The molecule has 0 spiro atoms. The van der Waals surface area contributed by atoms with Crippen molar-refractivity contribution < 1.29 is 9.53 Å². The normalized spacial score (nSPS) is 23.4. The number of rotatable bonds is 5. The maximum absolute atomic E-state index is 12.0. The topological polar surface area (TPSA) is 50.1 Å². The van der Waals surface area contributed by atoms with Crippen LogP contribution in [0.15, 0.2) is 24.3 Å². The van der Waals surface area contributed by atoms with Crippen LogP contribution in [0.25, 0.3) is 0 Å². The van der Waals surface area contributed by atoms with E-state index in [0.29, 0.717) is 24.5 Å². The highest BCUT2D eigenvalue weighted by atomic mass is 16.5. The van der Waals surface area contributed by atoms with Crippen LogP contribution in [-0.4, -0.2) is 12.9 Å². The standard InChI is InChI=1S/C18H23NO2/c1-13(12-19)9-16-11-15(5-8-18(16)20)10-14-3-6-17(21-2)7-4-14/h3-4,6-7,13,15-16H,5,8-11H2,1-2H3. The fourth-order valence-corrected chi connectivity index (χ4v) is 3.19. The number of carbonyl (C=O) groups excluding carboxylic acids is 1. The van der Waals surface area contributed by atoms with Crippen LogP contribution in [0.3, 0.4) is 0 Å². The number of hydrogen-bond acceptors (Lipinski definition) is 3. The van der Waals surface area contributed by atoms with E-state index in [1.165, 1.54) is 5.56 Å². The number of nitrogens with zero attached hydrogens (tertiary/aromatic N) is 1. The number of Topliss-reactive ketones (excluding diaryl/α,β-unsaturated/α-hetero) is 1. The van der Waals surface area contributed by atoms with Gasteiger partial charge in [0.05, 0.1) is 13.2 Å². The zero-order valence-electron chi connectivity index (χ0n) is 12.8. The SMILES string of the molecule is COc1ccc(CC2CCC(=O)C(CC(C)C#N)C2)cc1. The van der Waals surface area contributed by atoms with Gasteiger partial charge in [-0.05, 0) is 56.2 Å². The van der Waals surface area contributed by atoms with Crippen molar-refractivity contribution >= 4 is 5.78 Å². The lowest BCUT2D eigenvalue weighted by atomic mass is 9.75. The molecule has 0 saturated heterocycles. The highest BCUT2D eigenvalue weighted by Crippen LogP contribution is 2.33. The summed E-state index contributed by atoms with van der Waals surface area (Å²) >= 11 is 0. The molecule has 21 heavy (non-hydrogen) atoms. The number of benzene rings is 1. The first-order chi connectivity index (χ1) is 10.1. The van der Waals surface area contributed by atoms with Gasteiger partial charge in [-0.3, -0.25) is 4.79 Å². The summed E-state index contributed by atoms with van der Waals surface area (Å²) in [5.74, 6) is 1.82. The number of hydrogen-bond donors (Lipinski definition) is 0. The Morgan fingerprint density at radius 3 is 2.71 bits per heavy atom. The van der Waals surface area contributed by atoms with Crippen molar-refractivity contribution in [1.29, 1.82) is 5.26 Å². The smallest absolute Gasteiger partial charge is 0.136 e. The lowest BCUT2D eigenvalue weighted by Crippen LogP contribution is -2.27. The van der Waals surface area contributed by atoms with Crippen LogP contribution in [0.2, 0.25) is 0 Å². The minimum absolute atomic E-state index is 0.0290. The van der Waals surface area contributed by atoms with E-state index in [2.05, 4.69) is 18.2 Å². The largest absolute Gasteiger partial charge is 0.497 e. The Labute approximate surface area is 126 Å². The van der Waals surface area contributed by atoms with E-state index in [-0.39, 0.29) is 11.8 Å². The van der Waals surface area contributed by atoms with E-state index in [4.69, 9.17) is 10.00 Å². The van der Waals surface area contributed by atoms with Crippen molar-refractivity contribution in [1.82, 2.24) is 0 Å². The number of ether oxygens (including phenoxy) is 1. The Balaban J connectivity index is 1.94. The van der Waals surface area contributed by atoms with Crippen LogP contribution >= 0.6 is 0 Å². The molecule has 1 saturated carbocycles. The summed E-state index contributed by atoms with van der Waals surface area (Å²) in [4.78, 5) is 12.0. The molecule has 3 heteroatoms. The minimum atomic E-state index is -0.0290. The van der Waals surface area contributed by atoms with Gasteiger partial charge in [0.25, 0.3) is 0 Å². The van der Waals surface area contributed by atoms with Gasteiger partial charge in [-0.15, -0.1) is 0 Å². The van der Waals surface area contributed by atoms with Gasteiger partial charge in [-0.2, -0.15) is 5.26 Å². The molecule has 0 N–H and O–H groups in total. The monoisotopic (exact) mass is 285 g/mol. The molecule has 1 aliphatic rings. The molecule has 1 aromatic carbocycles. The van der Waals surface area contributed by atoms with Crippen molar-refractivity contribution in [2.75, 3.05) is 7.11 Å². The second-order valence-corrected chi connectivity index (χ2v) is 6.12. The number of nitriles is 1. The third-order valence-corrected chi connectivity index (χ3v) is 4.41. The van der Waals surface area contributed by atoms with Gasteiger partial charge in [0, 0.05) is 18.3 Å². The van der Waals surface area contributed by atoms with Crippen molar-refractivity contribution in [3.63, 3.8) is 0 Å². The first kappa shape index (κ1) is 15.6. The van der Waals surface area contributed by atoms with Crippen LogP contribution in [0.1, 0.15) is 38.2 Å². The van der Waals surface area contributed by atoms with Crippen molar-refractivity contribution in [2.45, 2.75) is 39.0 Å². The van der Waals surface area contributed by atoms with Crippen LogP contribution in [0.4, 0.5) is 0 Å². The molecule has 1 aromatic rings. The molecule has 1 fully saturated rings. The lowest BCUT2D eigenvalue weighted by Gasteiger charge is -2.28. The van der Waals surface area contributed by atoms with E-state index in [1.807, 2.05) is 19.1 Å². The van der Waals surface area contributed by atoms with E-state index >= 15 is 0 Å². The summed E-state index contributed by atoms with van der Waals surface area (Å²) in [6.07, 6.45) is 4.30. The summed E-state index contributed by atoms with van der Waals surface area (Å²) in [5.41, 5.74) is 1.29. The number of carbonyl (C=O) groups is 1. The average molecular weight is 285 g/mol. The summed E-state index contributed by atoms with van der Waals surface area (Å²) < 4.78 is 5.17. The average Bonchev–Trinajstić information content (AvgIpc) is 2.51. The van der Waals surface area contributed by atoms with Crippen molar-refractivity contribution in [3.05, 3.63) is 29.8 Å². The van der Waals surface area contributed by atoms with Crippen molar-refractivity contribution in [3.8, 4) is 11.8 Å². The van der Waals surface area contributed by atoms with Gasteiger partial charge < -0.3 is 4.74 Å². The van der Waals surface area contributed by atoms with Gasteiger partial charge in [0.15, 0.2) is 0 Å². The van der Waals surface area contributed by atoms with Crippen LogP contribution in [0.5, 0.6) is 5.75 Å². The molecular formula is C18H23NO2. The van der Waals surface area contributed by atoms with Gasteiger partial charge in [-0.25, -0.2) is 0 Å². The second kappa shape index (κ2) is 7.26. The molecule has 0 bridgehead atoms. The van der Waals surface area contributed by atoms with Gasteiger partial charge in [0.1, 0.15) is 11.5 Å². The minimum Gasteiger partial charge on any atom is -0.497 e. The Kier molecular flexibility index (Phi) is 5.38. The van der Waals surface area contributed by atoms with Gasteiger partial charge in [-0.1, -0.05) is 12.1 Å². The van der Waals surface area contributed by atoms with E-state index < -0.39 is 0 Å². The maximum Gasteiger partial charge on any atom is 0.136 e. The van der Waals surface area contributed by atoms with E-state index in [1.54, 1.807) is 7.11 Å². The predicted octanol–water partition coefficient (Wildman–Crippen LogP) is 3.77. The molecule has 0 heterocycles. The third kappa shape index (κ3) is 4.32. The first-order valence-corrected chi connectivity index (χ1v) is 7.67. The van der Waals surface area contributed by atoms with Crippen LogP contribution < -0.4 is 4.74 Å². The molecular weight excluding hydrogens is 262 g/mol. The third-order valence-electron chi connectivity index (χ3n) is 4.41. The number of ketones is 1. The van der Waals surface area contributed by atoms with Crippen LogP contribution in [-0.2, 0) is 11.2 Å². The molecule has 0 amide bonds. The molecule has 112 valence electrons. The molecule has 2 rings (SSSR count). The van der Waals surface area contributed by atoms with Gasteiger partial charge in [0.2, 0.25) is 0 Å². The summed E-state index contributed by atoms with van der Waals surface area (Å²) in [5, 5.41) is 8.93. The maximum atomic E-state index is 12.0.